The molecule has 0 spiro atoms. The van der Waals surface area contributed by atoms with E-state index in [0.29, 0.717) is 0 Å². The van der Waals surface area contributed by atoms with E-state index in [-0.39, 0.29) is 23.8 Å². The third-order valence-corrected chi connectivity index (χ3v) is 1.41. The first kappa shape index (κ1) is 5.37. The average molecular weight is 172 g/mol. The molecule has 0 radical (unpaired) electrons. The van der Waals surface area contributed by atoms with Crippen LogP contribution in [-0.4, -0.2) is 24.2 Å². The van der Waals surface area contributed by atoms with E-state index in [0.717, 1.165) is 0 Å². The van der Waals surface area contributed by atoms with Gasteiger partial charge in [0.05, 0.1) is 24.9 Å². The first-order valence-electron chi connectivity index (χ1n) is 4.79. The first-order chi connectivity index (χ1) is 6.98. The minimum absolute atomic E-state index is 0.0385. The molecule has 1 heterocycles. The van der Waals surface area contributed by atoms with E-state index in [4.69, 9.17) is 18.7 Å². The van der Waals surface area contributed by atoms with E-state index in [2.05, 4.69) is 4.98 Å². The SMILES string of the molecule is [2H]C([2H])([2H])Oc1ccnc(CO)c1OC. The largest absolute Gasteiger partial charge is 0.493 e. The van der Waals surface area contributed by atoms with E-state index in [9.17, 15) is 0 Å². The summed E-state index contributed by atoms with van der Waals surface area (Å²) in [5, 5.41) is 8.93. The summed E-state index contributed by atoms with van der Waals surface area (Å²) >= 11 is 0. The number of aliphatic hydroxyl groups excluding tert-OH is 1. The topological polar surface area (TPSA) is 51.6 Å². The van der Waals surface area contributed by atoms with Crippen LogP contribution in [0.4, 0.5) is 0 Å². The highest BCUT2D eigenvalue weighted by Gasteiger charge is 2.08. The maximum atomic E-state index is 8.93. The summed E-state index contributed by atoms with van der Waals surface area (Å²) in [5.41, 5.74) is 0.235. The summed E-state index contributed by atoms with van der Waals surface area (Å²) in [5.74, 6) is 0.174. The zero-order chi connectivity index (χ0) is 11.5. The van der Waals surface area contributed by atoms with E-state index in [1.807, 2.05) is 0 Å². The first-order valence-corrected chi connectivity index (χ1v) is 3.29. The van der Waals surface area contributed by atoms with Crippen LogP contribution in [0.1, 0.15) is 9.81 Å². The second-order valence-electron chi connectivity index (χ2n) is 2.05. The maximum Gasteiger partial charge on any atom is 0.184 e. The molecule has 4 heteroatoms. The molecule has 4 nitrogen and oxygen atoms in total. The standard InChI is InChI=1S/C8H11NO3/c1-11-7-3-4-9-6(5-10)8(7)12-2/h3-4,10H,5H2,1-2H3/i1D3. The second-order valence-corrected chi connectivity index (χ2v) is 2.05. The van der Waals surface area contributed by atoms with Crippen LogP contribution in [0.2, 0.25) is 0 Å². The van der Waals surface area contributed by atoms with Crippen molar-refractivity contribution in [3.8, 4) is 11.5 Å². The van der Waals surface area contributed by atoms with Gasteiger partial charge in [-0.2, -0.15) is 0 Å². The summed E-state index contributed by atoms with van der Waals surface area (Å²) in [6, 6.07) is 1.37. The van der Waals surface area contributed by atoms with Gasteiger partial charge in [0.25, 0.3) is 0 Å². The van der Waals surface area contributed by atoms with Gasteiger partial charge in [-0.3, -0.25) is 4.98 Å². The fourth-order valence-corrected chi connectivity index (χ4v) is 0.883. The van der Waals surface area contributed by atoms with Crippen molar-refractivity contribution in [3.05, 3.63) is 18.0 Å². The minimum atomic E-state index is -2.55. The molecule has 66 valence electrons. The fraction of sp³-hybridized carbons (Fsp3) is 0.375. The number of ether oxygens (including phenoxy) is 2. The molecule has 1 aromatic rings. The molecule has 0 atom stereocenters. The highest BCUT2D eigenvalue weighted by atomic mass is 16.5. The Hall–Kier alpha value is -1.29. The third kappa shape index (κ3) is 1.48. The van der Waals surface area contributed by atoms with Crippen molar-refractivity contribution in [1.82, 2.24) is 4.98 Å². The van der Waals surface area contributed by atoms with Crippen molar-refractivity contribution >= 4 is 0 Å². The van der Waals surface area contributed by atoms with Crippen LogP contribution < -0.4 is 9.47 Å². The lowest BCUT2D eigenvalue weighted by molar-refractivity contribution is 0.264. The summed E-state index contributed by atoms with van der Waals surface area (Å²) in [6.45, 7) is -0.346. The van der Waals surface area contributed by atoms with Crippen LogP contribution >= 0.6 is 0 Å². The quantitative estimate of drug-likeness (QED) is 0.725. The Balaban J connectivity index is 3.06. The van der Waals surface area contributed by atoms with Gasteiger partial charge >= 0.3 is 0 Å². The normalized spacial score (nSPS) is 14.3. The van der Waals surface area contributed by atoms with Crippen molar-refractivity contribution in [1.29, 1.82) is 0 Å². The van der Waals surface area contributed by atoms with Gasteiger partial charge in [-0.1, -0.05) is 0 Å². The number of nitrogens with zero attached hydrogens (tertiary/aromatic N) is 1. The Morgan fingerprint density at radius 3 is 3.08 bits per heavy atom. The lowest BCUT2D eigenvalue weighted by Gasteiger charge is -2.09. The van der Waals surface area contributed by atoms with Gasteiger partial charge in [0.15, 0.2) is 11.5 Å². The molecule has 0 amide bonds. The van der Waals surface area contributed by atoms with Crippen LogP contribution in [-0.2, 0) is 6.61 Å². The maximum absolute atomic E-state index is 8.93. The number of aromatic nitrogens is 1. The predicted molar refractivity (Wildman–Crippen MR) is 43.3 cm³/mol. The minimum Gasteiger partial charge on any atom is -0.493 e. The van der Waals surface area contributed by atoms with Gasteiger partial charge < -0.3 is 14.6 Å². The van der Waals surface area contributed by atoms with Crippen LogP contribution in [0, 0.1) is 0 Å². The molecule has 12 heavy (non-hydrogen) atoms. The van der Waals surface area contributed by atoms with E-state index >= 15 is 0 Å². The monoisotopic (exact) mass is 172 g/mol. The Morgan fingerprint density at radius 2 is 2.50 bits per heavy atom. The van der Waals surface area contributed by atoms with Crippen molar-refractivity contribution in [2.45, 2.75) is 6.61 Å². The zero-order valence-electron chi connectivity index (χ0n) is 9.57. The Labute approximate surface area is 75.0 Å². The van der Waals surface area contributed by atoms with Crippen molar-refractivity contribution in [3.63, 3.8) is 0 Å². The third-order valence-electron chi connectivity index (χ3n) is 1.41. The van der Waals surface area contributed by atoms with Crippen LogP contribution in [0.3, 0.4) is 0 Å². The van der Waals surface area contributed by atoms with Gasteiger partial charge in [0, 0.05) is 12.3 Å². The fourth-order valence-electron chi connectivity index (χ4n) is 0.883. The summed E-state index contributed by atoms with van der Waals surface area (Å²) in [6.07, 6.45) is 1.34. The molecule has 1 aromatic heterocycles. The number of hydrogen-bond acceptors (Lipinski definition) is 4. The summed E-state index contributed by atoms with van der Waals surface area (Å²) < 4.78 is 30.4. The molecule has 1 N–H and O–H groups in total. The molecule has 0 bridgehead atoms. The van der Waals surface area contributed by atoms with Gasteiger partial charge in [-0.05, 0) is 0 Å². The number of hydrogen-bond donors (Lipinski definition) is 1. The van der Waals surface area contributed by atoms with Crippen molar-refractivity contribution in [2.24, 2.45) is 0 Å². The molecular weight excluding hydrogens is 158 g/mol. The molecule has 0 unspecified atom stereocenters. The lowest BCUT2D eigenvalue weighted by Crippen LogP contribution is -1.98. The van der Waals surface area contributed by atoms with Crippen LogP contribution in [0.5, 0.6) is 11.5 Å². The molecule has 1 rings (SSSR count). The number of methoxy groups -OCH3 is 2. The van der Waals surface area contributed by atoms with Crippen molar-refractivity contribution in [2.75, 3.05) is 14.1 Å². The molecule has 0 aromatic carbocycles. The molecule has 0 fully saturated rings. The summed E-state index contributed by atoms with van der Waals surface area (Å²) in [4.78, 5) is 3.82. The zero-order valence-corrected chi connectivity index (χ0v) is 6.57. The number of aliphatic hydroxyl groups is 1. The molecule has 0 saturated heterocycles. The Bertz CT molecular complexity index is 340. The van der Waals surface area contributed by atoms with Crippen LogP contribution in [0.25, 0.3) is 0 Å². The highest BCUT2D eigenvalue weighted by Crippen LogP contribution is 2.28. The van der Waals surface area contributed by atoms with Gasteiger partial charge in [0.2, 0.25) is 0 Å². The number of pyridine rings is 1. The Kier molecular flexibility index (Phi) is 1.75. The van der Waals surface area contributed by atoms with Crippen molar-refractivity contribution < 1.29 is 18.7 Å². The van der Waals surface area contributed by atoms with Gasteiger partial charge in [-0.15, -0.1) is 0 Å². The van der Waals surface area contributed by atoms with Gasteiger partial charge in [0.1, 0.15) is 5.69 Å². The highest BCUT2D eigenvalue weighted by molar-refractivity contribution is 5.42. The molecular formula is C8H11NO3. The van der Waals surface area contributed by atoms with E-state index in [1.165, 1.54) is 19.4 Å². The molecule has 0 aliphatic heterocycles. The smallest absolute Gasteiger partial charge is 0.184 e. The van der Waals surface area contributed by atoms with E-state index < -0.39 is 7.04 Å². The molecule has 0 saturated carbocycles. The average Bonchev–Trinajstić information content (AvgIpc) is 2.15. The van der Waals surface area contributed by atoms with Gasteiger partial charge in [-0.25, -0.2) is 0 Å². The molecule has 0 aliphatic carbocycles. The predicted octanol–water partition coefficient (Wildman–Crippen LogP) is 0.591. The number of rotatable bonds is 3. The van der Waals surface area contributed by atoms with Crippen LogP contribution in [0.15, 0.2) is 12.3 Å². The van der Waals surface area contributed by atoms with E-state index in [1.54, 1.807) is 0 Å². The Morgan fingerprint density at radius 1 is 1.67 bits per heavy atom. The second kappa shape index (κ2) is 3.92. The summed E-state index contributed by atoms with van der Waals surface area (Å²) in [7, 11) is -1.20. The lowest BCUT2D eigenvalue weighted by atomic mass is 10.3. The molecule has 0 aliphatic rings.